The molecule has 1 unspecified atom stereocenters. The van der Waals surface area contributed by atoms with E-state index in [0.717, 1.165) is 4.90 Å². The number of ether oxygens (including phenoxy) is 1. The Morgan fingerprint density at radius 3 is 2.09 bits per heavy atom. The summed E-state index contributed by atoms with van der Waals surface area (Å²) in [6.45, 7) is -0.236. The molecular weight excluding hydrogens is 497 g/mol. The predicted octanol–water partition coefficient (Wildman–Crippen LogP) is 0.0768. The quantitative estimate of drug-likeness (QED) is 0.212. The van der Waals surface area contributed by atoms with Gasteiger partial charge in [0.1, 0.15) is 0 Å². The van der Waals surface area contributed by atoms with Crippen molar-refractivity contribution >= 4 is 51.4 Å². The van der Waals surface area contributed by atoms with Gasteiger partial charge in [0.25, 0.3) is 0 Å². The van der Waals surface area contributed by atoms with Gasteiger partial charge in [-0.3, -0.25) is 24.1 Å². The topological polar surface area (TPSA) is 183 Å². The van der Waals surface area contributed by atoms with Crippen molar-refractivity contribution in [3.05, 3.63) is 12.5 Å². The van der Waals surface area contributed by atoms with Gasteiger partial charge in [-0.2, -0.15) is 0 Å². The molecule has 0 bridgehead atoms. The van der Waals surface area contributed by atoms with Crippen molar-refractivity contribution < 1.29 is 54.9 Å². The number of nitrogens with zero attached hydrogens (tertiary/aromatic N) is 1. The van der Waals surface area contributed by atoms with Crippen LogP contribution in [0, 0.1) is 5.92 Å². The number of esters is 1. The first-order valence-electron chi connectivity index (χ1n) is 9.48. The number of imide groups is 1. The first kappa shape index (κ1) is 27.0. The molecule has 0 aromatic rings. The van der Waals surface area contributed by atoms with Crippen LogP contribution in [0.2, 0.25) is 0 Å². The molecule has 2 rings (SSSR count). The number of likely N-dealkylation sites (tertiary alicyclic amines) is 1. The smallest absolute Gasteiger partial charge is 0.308 e. The van der Waals surface area contributed by atoms with Gasteiger partial charge in [-0.1, -0.05) is 0 Å². The molecule has 2 amide bonds. The molecule has 1 atom stereocenters. The van der Waals surface area contributed by atoms with Gasteiger partial charge in [-0.25, -0.2) is 0 Å². The number of aliphatic carboxylic acids is 2. The van der Waals surface area contributed by atoms with E-state index in [4.69, 9.17) is 21.4 Å². The molecule has 0 aliphatic carbocycles. The van der Waals surface area contributed by atoms with Gasteiger partial charge in [0, 0.05) is 25.8 Å². The van der Waals surface area contributed by atoms with Crippen LogP contribution in [-0.4, -0.2) is 80.1 Å². The van der Waals surface area contributed by atoms with Gasteiger partial charge in [0.15, 0.2) is 0 Å². The van der Waals surface area contributed by atoms with E-state index in [1.807, 2.05) is 0 Å². The summed E-state index contributed by atoms with van der Waals surface area (Å²) < 4.78 is 19.1. The fourth-order valence-electron chi connectivity index (χ4n) is 2.46. The zero-order valence-electron chi connectivity index (χ0n) is 17.3. The van der Waals surface area contributed by atoms with E-state index in [2.05, 4.69) is 4.74 Å². The molecule has 0 aromatic heterocycles. The zero-order valence-corrected chi connectivity index (χ0v) is 19.1. The third-order valence-electron chi connectivity index (χ3n) is 4.13. The Hall–Kier alpha value is -3.08. The molecule has 0 spiro atoms. The van der Waals surface area contributed by atoms with Gasteiger partial charge in [-0.15, -0.1) is 0 Å². The van der Waals surface area contributed by atoms with Crippen molar-refractivity contribution in [1.82, 2.24) is 4.90 Å². The molecule has 32 heavy (non-hydrogen) atoms. The third-order valence-corrected chi connectivity index (χ3v) is 6.10. The maximum absolute atomic E-state index is 11.3. The summed E-state index contributed by atoms with van der Waals surface area (Å²) in [4.78, 5) is 66.5. The van der Waals surface area contributed by atoms with Crippen molar-refractivity contribution in [2.45, 2.75) is 44.9 Å². The molecule has 0 aromatic carbocycles. The van der Waals surface area contributed by atoms with Crippen molar-refractivity contribution in [2.75, 3.05) is 13.7 Å². The second kappa shape index (κ2) is 14.1. The van der Waals surface area contributed by atoms with E-state index >= 15 is 0 Å². The number of amides is 2. The Morgan fingerprint density at radius 2 is 1.59 bits per heavy atom. The normalized spacial score (nSPS) is 15.8. The number of carboxylic acids is 2. The van der Waals surface area contributed by atoms with Crippen molar-refractivity contribution in [1.29, 1.82) is 0 Å². The first-order valence-corrected chi connectivity index (χ1v) is 11.8. The zero-order chi connectivity index (χ0) is 24.1. The molecule has 2 aliphatic rings. The van der Waals surface area contributed by atoms with Crippen LogP contribution >= 0.6 is 0 Å². The second-order valence-electron chi connectivity index (χ2n) is 6.47. The summed E-state index contributed by atoms with van der Waals surface area (Å²) in [5, 5.41) is 17.3. The van der Waals surface area contributed by atoms with Crippen LogP contribution in [0.15, 0.2) is 12.5 Å². The molecule has 2 aliphatic heterocycles. The average Bonchev–Trinajstić information content (AvgIpc) is 3.35. The SMILES string of the molecule is COC(=O)CCCC(=O)O[As]1OC=CO1.O=C(O)CCC(CN1C(=O)CCC1=O)C(=O)O. The first-order chi connectivity index (χ1) is 15.1. The third kappa shape index (κ3) is 10.3. The van der Waals surface area contributed by atoms with Crippen LogP contribution < -0.4 is 0 Å². The van der Waals surface area contributed by atoms with Crippen LogP contribution in [0.5, 0.6) is 0 Å². The number of hydrogen-bond donors (Lipinski definition) is 2. The van der Waals surface area contributed by atoms with Crippen LogP contribution in [0.1, 0.15) is 44.9 Å². The van der Waals surface area contributed by atoms with Gasteiger partial charge in [0.05, 0.1) is 5.92 Å². The van der Waals surface area contributed by atoms with Crippen LogP contribution in [0.3, 0.4) is 0 Å². The molecule has 0 radical (unpaired) electrons. The number of carbonyl (C=O) groups excluding carboxylic acids is 4. The number of rotatable bonds is 11. The van der Waals surface area contributed by atoms with E-state index in [1.54, 1.807) is 0 Å². The maximum atomic E-state index is 11.3. The minimum Gasteiger partial charge on any atom is -0.481 e. The average molecular weight is 521 g/mol. The van der Waals surface area contributed by atoms with Gasteiger partial charge >= 0.3 is 104 Å². The fraction of sp³-hybridized carbons (Fsp3) is 0.556. The summed E-state index contributed by atoms with van der Waals surface area (Å²) >= 11 is -2.36. The summed E-state index contributed by atoms with van der Waals surface area (Å²) in [6, 6.07) is 0. The summed E-state index contributed by atoms with van der Waals surface area (Å²) in [5.74, 6) is -4.85. The number of carboxylic acid groups (broad SMARTS) is 2. The minimum atomic E-state index is -2.36. The monoisotopic (exact) mass is 521 g/mol. The Labute approximate surface area is 188 Å². The van der Waals surface area contributed by atoms with E-state index < -0.39 is 51.3 Å². The summed E-state index contributed by atoms with van der Waals surface area (Å²) in [7, 11) is 1.31. The molecule has 0 saturated carbocycles. The maximum Gasteiger partial charge on any atom is 0.308 e. The van der Waals surface area contributed by atoms with Crippen molar-refractivity contribution in [3.8, 4) is 0 Å². The molecule has 14 heteroatoms. The van der Waals surface area contributed by atoms with Crippen molar-refractivity contribution in [3.63, 3.8) is 0 Å². The van der Waals surface area contributed by atoms with E-state index in [-0.39, 0.29) is 51.0 Å². The number of hydrogen-bond acceptors (Lipinski definition) is 10. The van der Waals surface area contributed by atoms with Gasteiger partial charge in [-0.05, 0) is 6.42 Å². The Balaban J connectivity index is 0.000000323. The Bertz CT molecular complexity index is 728. The Kier molecular flexibility index (Phi) is 11.9. The molecule has 1 fully saturated rings. The van der Waals surface area contributed by atoms with Crippen LogP contribution in [0.25, 0.3) is 0 Å². The summed E-state index contributed by atoms with van der Waals surface area (Å²) in [5.41, 5.74) is 0. The van der Waals surface area contributed by atoms with E-state index in [9.17, 15) is 28.8 Å². The van der Waals surface area contributed by atoms with E-state index in [1.165, 1.54) is 19.6 Å². The molecule has 2 heterocycles. The molecule has 13 nitrogen and oxygen atoms in total. The predicted molar refractivity (Wildman–Crippen MR) is 103 cm³/mol. The summed E-state index contributed by atoms with van der Waals surface area (Å²) in [6.07, 6.45) is 3.28. The van der Waals surface area contributed by atoms with Crippen LogP contribution in [0.4, 0.5) is 0 Å². The van der Waals surface area contributed by atoms with E-state index in [0.29, 0.717) is 6.42 Å². The number of carbonyl (C=O) groups is 6. The molecule has 2 N–H and O–H groups in total. The standard InChI is InChI=1S/C10H13NO6.C8H11AsO6/c12-7-2-3-8(13)11(7)5-6(10(16)17)1-4-9(14)15;1-12-7(10)3-2-4-8(11)15-9-13-5-6-14-9/h6H,1-5H2,(H,14,15)(H,16,17);5-6H,2-4H2,1H3. The second-order valence-corrected chi connectivity index (χ2v) is 8.67. The fourth-order valence-corrected chi connectivity index (χ4v) is 3.91. The molecule has 178 valence electrons. The van der Waals surface area contributed by atoms with Gasteiger partial charge in [0.2, 0.25) is 11.8 Å². The number of methoxy groups -OCH3 is 1. The Morgan fingerprint density at radius 1 is 1.03 bits per heavy atom. The molecular formula is C18H24AsNO12. The van der Waals surface area contributed by atoms with Crippen LogP contribution in [-0.2, 0) is 44.7 Å². The largest absolute Gasteiger partial charge is 0.481 e. The van der Waals surface area contributed by atoms with Crippen molar-refractivity contribution in [2.24, 2.45) is 5.92 Å². The molecule has 1 saturated heterocycles. The van der Waals surface area contributed by atoms with Gasteiger partial charge < -0.3 is 10.2 Å². The minimum absolute atomic E-state index is 0.0955.